The molecule has 1 atom stereocenters. The first-order valence-corrected chi connectivity index (χ1v) is 3.38. The van der Waals surface area contributed by atoms with Crippen LogP contribution in [0, 0.1) is 5.92 Å². The molecule has 0 aromatic heterocycles. The molecule has 0 bridgehead atoms. The Morgan fingerprint density at radius 1 is 1.70 bits per heavy atom. The van der Waals surface area contributed by atoms with Crippen LogP contribution >= 0.6 is 0 Å². The van der Waals surface area contributed by atoms with Crippen molar-refractivity contribution in [1.82, 2.24) is 5.32 Å². The van der Waals surface area contributed by atoms with Crippen molar-refractivity contribution in [3.63, 3.8) is 0 Å². The molecular weight excluding hydrogens is 132 g/mol. The Labute approximate surface area is 59.7 Å². The van der Waals surface area contributed by atoms with Gasteiger partial charge in [-0.05, 0) is 0 Å². The topological polar surface area (TPSA) is 64.4 Å². The van der Waals surface area contributed by atoms with Gasteiger partial charge in [-0.1, -0.05) is 0 Å². The molecule has 0 aromatic carbocycles. The normalized spacial score (nSPS) is 27.4. The lowest BCUT2D eigenvalue weighted by molar-refractivity contribution is -0.123. The highest BCUT2D eigenvalue weighted by molar-refractivity contribution is 5.77. The molecule has 1 heterocycles. The van der Waals surface area contributed by atoms with Gasteiger partial charge < -0.3 is 15.8 Å². The lowest BCUT2D eigenvalue weighted by Crippen LogP contribution is -2.33. The summed E-state index contributed by atoms with van der Waals surface area (Å²) < 4.78 is 5.11. The highest BCUT2D eigenvalue weighted by Gasteiger charge is 2.16. The van der Waals surface area contributed by atoms with Crippen molar-refractivity contribution in [1.29, 1.82) is 0 Å². The van der Waals surface area contributed by atoms with Crippen molar-refractivity contribution in [2.24, 2.45) is 11.7 Å². The second-order valence-electron chi connectivity index (χ2n) is 2.38. The Morgan fingerprint density at radius 2 is 2.50 bits per heavy atom. The summed E-state index contributed by atoms with van der Waals surface area (Å²) in [6.45, 7) is 2.59. The Morgan fingerprint density at radius 3 is 3.20 bits per heavy atom. The first-order valence-electron chi connectivity index (χ1n) is 3.38. The monoisotopic (exact) mass is 144 g/mol. The van der Waals surface area contributed by atoms with E-state index in [1.807, 2.05) is 0 Å². The van der Waals surface area contributed by atoms with Crippen molar-refractivity contribution >= 4 is 5.91 Å². The summed E-state index contributed by atoms with van der Waals surface area (Å²) in [5.41, 5.74) is 5.08. The third-order valence-electron chi connectivity index (χ3n) is 1.54. The maximum atomic E-state index is 10.6. The van der Waals surface area contributed by atoms with Crippen molar-refractivity contribution in [3.05, 3.63) is 0 Å². The molecule has 3 N–H and O–H groups in total. The van der Waals surface area contributed by atoms with E-state index in [-0.39, 0.29) is 11.8 Å². The van der Waals surface area contributed by atoms with E-state index in [0.717, 1.165) is 6.54 Å². The van der Waals surface area contributed by atoms with Crippen LogP contribution in [0.5, 0.6) is 0 Å². The molecule has 10 heavy (non-hydrogen) atoms. The van der Waals surface area contributed by atoms with Gasteiger partial charge in [0.15, 0.2) is 0 Å². The average molecular weight is 144 g/mol. The summed E-state index contributed by atoms with van der Waals surface area (Å²) in [7, 11) is 0. The predicted molar refractivity (Wildman–Crippen MR) is 36.4 cm³/mol. The van der Waals surface area contributed by atoms with E-state index in [1.165, 1.54) is 0 Å². The number of rotatable bonds is 1. The lowest BCUT2D eigenvalue weighted by atomic mass is 10.1. The standard InChI is InChI=1S/C6H12N2O2/c7-6(9)5-3-8-1-2-10-4-5/h5,8H,1-4H2,(H2,7,9). The van der Waals surface area contributed by atoms with Gasteiger partial charge >= 0.3 is 0 Å². The first-order chi connectivity index (χ1) is 4.80. The molecule has 0 saturated carbocycles. The van der Waals surface area contributed by atoms with E-state index >= 15 is 0 Å². The number of nitrogens with one attached hydrogen (secondary N) is 1. The smallest absolute Gasteiger partial charge is 0.224 e. The second kappa shape index (κ2) is 3.53. The summed E-state index contributed by atoms with van der Waals surface area (Å²) >= 11 is 0. The van der Waals surface area contributed by atoms with Gasteiger partial charge in [0.2, 0.25) is 5.91 Å². The highest BCUT2D eigenvalue weighted by atomic mass is 16.5. The van der Waals surface area contributed by atoms with Gasteiger partial charge in [0, 0.05) is 13.1 Å². The van der Waals surface area contributed by atoms with Gasteiger partial charge in [-0.3, -0.25) is 4.79 Å². The molecule has 1 saturated heterocycles. The quantitative estimate of drug-likeness (QED) is 0.481. The van der Waals surface area contributed by atoms with Gasteiger partial charge in [-0.25, -0.2) is 0 Å². The summed E-state index contributed by atoms with van der Waals surface area (Å²) in [5.74, 6) is -0.433. The largest absolute Gasteiger partial charge is 0.379 e. The van der Waals surface area contributed by atoms with Crippen LogP contribution in [0.4, 0.5) is 0 Å². The number of nitrogens with two attached hydrogens (primary N) is 1. The number of primary amides is 1. The van der Waals surface area contributed by atoms with Crippen LogP contribution in [0.3, 0.4) is 0 Å². The van der Waals surface area contributed by atoms with Crippen molar-refractivity contribution in [2.45, 2.75) is 0 Å². The van der Waals surface area contributed by atoms with E-state index in [4.69, 9.17) is 10.5 Å². The fraction of sp³-hybridized carbons (Fsp3) is 0.833. The van der Waals surface area contributed by atoms with Crippen LogP contribution in [-0.2, 0) is 9.53 Å². The number of amides is 1. The zero-order valence-corrected chi connectivity index (χ0v) is 5.80. The molecule has 0 aromatic rings. The van der Waals surface area contributed by atoms with Gasteiger partial charge in [0.25, 0.3) is 0 Å². The molecule has 58 valence electrons. The SMILES string of the molecule is NC(=O)C1CNCCOC1. The summed E-state index contributed by atoms with van der Waals surface area (Å²) in [4.78, 5) is 10.6. The third kappa shape index (κ3) is 1.97. The van der Waals surface area contributed by atoms with E-state index < -0.39 is 0 Å². The van der Waals surface area contributed by atoms with E-state index in [2.05, 4.69) is 5.32 Å². The van der Waals surface area contributed by atoms with E-state index in [1.54, 1.807) is 0 Å². The van der Waals surface area contributed by atoms with E-state index in [0.29, 0.717) is 19.8 Å². The fourth-order valence-corrected chi connectivity index (χ4v) is 0.888. The van der Waals surface area contributed by atoms with Crippen LogP contribution in [0.15, 0.2) is 0 Å². The zero-order chi connectivity index (χ0) is 7.40. The Balaban J connectivity index is 2.35. The second-order valence-corrected chi connectivity index (χ2v) is 2.38. The maximum Gasteiger partial charge on any atom is 0.224 e. The van der Waals surface area contributed by atoms with Crippen LogP contribution in [0.25, 0.3) is 0 Å². The Bertz CT molecular complexity index is 119. The molecule has 1 fully saturated rings. The number of carbonyl (C=O) groups is 1. The van der Waals surface area contributed by atoms with Gasteiger partial charge in [-0.2, -0.15) is 0 Å². The van der Waals surface area contributed by atoms with Gasteiger partial charge in [-0.15, -0.1) is 0 Å². The molecule has 0 radical (unpaired) electrons. The third-order valence-corrected chi connectivity index (χ3v) is 1.54. The minimum atomic E-state index is -0.283. The number of carbonyl (C=O) groups excluding carboxylic acids is 1. The van der Waals surface area contributed by atoms with Gasteiger partial charge in [0.05, 0.1) is 19.1 Å². The number of hydrogen-bond donors (Lipinski definition) is 2. The van der Waals surface area contributed by atoms with Crippen molar-refractivity contribution in [3.8, 4) is 0 Å². The average Bonchev–Trinajstić information content (AvgIpc) is 2.12. The molecule has 1 aliphatic rings. The van der Waals surface area contributed by atoms with Crippen LogP contribution < -0.4 is 11.1 Å². The molecule has 1 unspecified atom stereocenters. The summed E-state index contributed by atoms with van der Waals surface area (Å²) in [6.07, 6.45) is 0. The Hall–Kier alpha value is -0.610. The summed E-state index contributed by atoms with van der Waals surface area (Å²) in [6, 6.07) is 0. The van der Waals surface area contributed by atoms with Crippen LogP contribution in [0.1, 0.15) is 0 Å². The first kappa shape index (κ1) is 7.50. The number of hydrogen-bond acceptors (Lipinski definition) is 3. The molecule has 4 nitrogen and oxygen atoms in total. The molecule has 0 aliphatic carbocycles. The lowest BCUT2D eigenvalue weighted by Gasteiger charge is -2.07. The number of ether oxygens (including phenoxy) is 1. The maximum absolute atomic E-state index is 10.6. The van der Waals surface area contributed by atoms with Crippen molar-refractivity contribution in [2.75, 3.05) is 26.3 Å². The van der Waals surface area contributed by atoms with E-state index in [9.17, 15) is 4.79 Å². The molecule has 1 amide bonds. The molecular formula is C6H12N2O2. The minimum absolute atomic E-state index is 0.150. The minimum Gasteiger partial charge on any atom is -0.379 e. The Kier molecular flexibility index (Phi) is 2.65. The molecule has 1 aliphatic heterocycles. The van der Waals surface area contributed by atoms with Crippen molar-refractivity contribution < 1.29 is 9.53 Å². The van der Waals surface area contributed by atoms with Gasteiger partial charge in [0.1, 0.15) is 0 Å². The molecule has 4 heteroatoms. The van der Waals surface area contributed by atoms with Crippen LogP contribution in [0.2, 0.25) is 0 Å². The van der Waals surface area contributed by atoms with Crippen LogP contribution in [-0.4, -0.2) is 32.2 Å². The fourth-order valence-electron chi connectivity index (χ4n) is 0.888. The zero-order valence-electron chi connectivity index (χ0n) is 5.80. The molecule has 0 spiro atoms. The predicted octanol–water partition coefficient (Wildman–Crippen LogP) is -1.29. The molecule has 1 rings (SSSR count). The highest BCUT2D eigenvalue weighted by Crippen LogP contribution is 1.97. The summed E-state index contributed by atoms with van der Waals surface area (Å²) in [5, 5.41) is 3.05.